The number of halogens is 4. The number of rotatable bonds is 3. The summed E-state index contributed by atoms with van der Waals surface area (Å²) in [5, 5.41) is 5.37. The fourth-order valence-corrected chi connectivity index (χ4v) is 2.79. The van der Waals surface area contributed by atoms with Gasteiger partial charge < -0.3 is 5.32 Å². The lowest BCUT2D eigenvalue weighted by atomic mass is 10.2. The monoisotopic (exact) mass is 377 g/mol. The average molecular weight is 380 g/mol. The number of hydrogen-bond donors (Lipinski definition) is 1. The van der Waals surface area contributed by atoms with Gasteiger partial charge in [0.1, 0.15) is 0 Å². The molecule has 0 amide bonds. The zero-order valence-corrected chi connectivity index (χ0v) is 14.0. The number of anilines is 1. The minimum Gasteiger partial charge on any atom is -0.380 e. The molecule has 0 radical (unpaired) electrons. The van der Waals surface area contributed by atoms with E-state index in [1.165, 1.54) is 0 Å². The lowest BCUT2D eigenvalue weighted by Gasteiger charge is -2.12. The molecule has 0 bridgehead atoms. The zero-order chi connectivity index (χ0) is 14.0. The third kappa shape index (κ3) is 3.79. The van der Waals surface area contributed by atoms with Crippen molar-refractivity contribution >= 4 is 56.4 Å². The van der Waals surface area contributed by atoms with Crippen LogP contribution in [0, 0.1) is 6.92 Å². The van der Waals surface area contributed by atoms with Crippen LogP contribution in [0.5, 0.6) is 0 Å². The Labute approximate surface area is 136 Å². The van der Waals surface area contributed by atoms with Gasteiger partial charge in [0.25, 0.3) is 0 Å². The topological polar surface area (TPSA) is 12.0 Å². The first-order valence-electron chi connectivity index (χ1n) is 5.61. The van der Waals surface area contributed by atoms with E-state index in [1.807, 2.05) is 25.1 Å². The van der Waals surface area contributed by atoms with E-state index in [0.717, 1.165) is 26.3 Å². The highest BCUT2D eigenvalue weighted by atomic mass is 79.9. The molecule has 0 spiro atoms. The number of aryl methyl sites for hydroxylation is 1. The molecule has 19 heavy (non-hydrogen) atoms. The molecular formula is C14H11BrCl3N. The van der Waals surface area contributed by atoms with E-state index >= 15 is 0 Å². The SMILES string of the molecule is Cc1cc(Br)c(NCc2cc(Cl)ccc2Cl)cc1Cl. The van der Waals surface area contributed by atoms with Gasteiger partial charge in [-0.25, -0.2) is 0 Å². The molecule has 0 aliphatic rings. The Kier molecular flexibility index (Phi) is 5.02. The van der Waals surface area contributed by atoms with E-state index in [4.69, 9.17) is 34.8 Å². The van der Waals surface area contributed by atoms with Gasteiger partial charge in [0, 0.05) is 26.1 Å². The molecule has 0 fully saturated rings. The molecule has 0 aromatic heterocycles. The molecule has 0 saturated heterocycles. The maximum Gasteiger partial charge on any atom is 0.0502 e. The van der Waals surface area contributed by atoms with Crippen molar-refractivity contribution in [3.63, 3.8) is 0 Å². The first-order chi connectivity index (χ1) is 8.97. The van der Waals surface area contributed by atoms with Crippen molar-refractivity contribution in [2.24, 2.45) is 0 Å². The van der Waals surface area contributed by atoms with E-state index in [2.05, 4.69) is 21.2 Å². The summed E-state index contributed by atoms with van der Waals surface area (Å²) in [6.45, 7) is 2.54. The molecule has 1 N–H and O–H groups in total. The van der Waals surface area contributed by atoms with Crippen molar-refractivity contribution in [3.8, 4) is 0 Å². The molecule has 0 atom stereocenters. The molecule has 2 aromatic rings. The molecule has 0 heterocycles. The highest BCUT2D eigenvalue weighted by Crippen LogP contribution is 2.30. The van der Waals surface area contributed by atoms with Crippen molar-refractivity contribution in [2.45, 2.75) is 13.5 Å². The van der Waals surface area contributed by atoms with Crippen molar-refractivity contribution in [1.29, 1.82) is 0 Å². The summed E-state index contributed by atoms with van der Waals surface area (Å²) in [5.41, 5.74) is 2.89. The fraction of sp³-hybridized carbons (Fsp3) is 0.143. The summed E-state index contributed by atoms with van der Waals surface area (Å²) in [6.07, 6.45) is 0. The molecule has 1 nitrogen and oxygen atoms in total. The van der Waals surface area contributed by atoms with Crippen LogP contribution in [0.15, 0.2) is 34.8 Å². The Hall–Kier alpha value is -0.410. The van der Waals surface area contributed by atoms with E-state index in [-0.39, 0.29) is 0 Å². The number of nitrogens with one attached hydrogen (secondary N) is 1. The first kappa shape index (κ1) is 15.0. The number of hydrogen-bond acceptors (Lipinski definition) is 1. The van der Waals surface area contributed by atoms with Crippen LogP contribution in [0.25, 0.3) is 0 Å². The smallest absolute Gasteiger partial charge is 0.0502 e. The van der Waals surface area contributed by atoms with Gasteiger partial charge in [0.05, 0.1) is 5.69 Å². The molecule has 0 unspecified atom stereocenters. The quantitative estimate of drug-likeness (QED) is 0.657. The van der Waals surface area contributed by atoms with E-state index in [0.29, 0.717) is 16.6 Å². The fourth-order valence-electron chi connectivity index (χ4n) is 1.65. The predicted molar refractivity (Wildman–Crippen MR) is 87.7 cm³/mol. The lowest BCUT2D eigenvalue weighted by molar-refractivity contribution is 1.14. The van der Waals surface area contributed by atoms with Crippen LogP contribution < -0.4 is 5.32 Å². The molecule has 0 aliphatic carbocycles. The van der Waals surface area contributed by atoms with Crippen LogP contribution in [0.4, 0.5) is 5.69 Å². The summed E-state index contributed by atoms with van der Waals surface area (Å²) < 4.78 is 0.965. The van der Waals surface area contributed by atoms with Crippen molar-refractivity contribution in [1.82, 2.24) is 0 Å². The third-order valence-corrected chi connectivity index (χ3v) is 4.39. The second-order valence-electron chi connectivity index (χ2n) is 4.17. The normalized spacial score (nSPS) is 10.6. The maximum absolute atomic E-state index is 6.12. The molecule has 2 aromatic carbocycles. The third-order valence-electron chi connectivity index (χ3n) is 2.73. The molecule has 0 saturated carbocycles. The van der Waals surface area contributed by atoms with Gasteiger partial charge in [0.2, 0.25) is 0 Å². The van der Waals surface area contributed by atoms with Crippen LogP contribution in [0.1, 0.15) is 11.1 Å². The van der Waals surface area contributed by atoms with Gasteiger partial charge in [-0.2, -0.15) is 0 Å². The summed E-state index contributed by atoms with van der Waals surface area (Å²) in [7, 11) is 0. The van der Waals surface area contributed by atoms with Gasteiger partial charge in [-0.1, -0.05) is 34.8 Å². The molecule has 100 valence electrons. The van der Waals surface area contributed by atoms with E-state index in [9.17, 15) is 0 Å². The Morgan fingerprint density at radius 3 is 2.53 bits per heavy atom. The van der Waals surface area contributed by atoms with Crippen LogP contribution in [0.3, 0.4) is 0 Å². The Balaban J connectivity index is 2.19. The highest BCUT2D eigenvalue weighted by Gasteiger charge is 2.06. The Morgan fingerprint density at radius 1 is 1.05 bits per heavy atom. The van der Waals surface area contributed by atoms with E-state index in [1.54, 1.807) is 12.1 Å². The molecule has 5 heteroatoms. The van der Waals surface area contributed by atoms with Gasteiger partial charge in [-0.15, -0.1) is 0 Å². The molecule has 2 rings (SSSR count). The van der Waals surface area contributed by atoms with Crippen LogP contribution in [-0.2, 0) is 6.54 Å². The minimum absolute atomic E-state index is 0.581. The van der Waals surface area contributed by atoms with Crippen molar-refractivity contribution in [3.05, 3.63) is 61.0 Å². The highest BCUT2D eigenvalue weighted by molar-refractivity contribution is 9.10. The Morgan fingerprint density at radius 2 is 1.79 bits per heavy atom. The summed E-state index contributed by atoms with van der Waals surface area (Å²) >= 11 is 21.7. The van der Waals surface area contributed by atoms with E-state index < -0.39 is 0 Å². The van der Waals surface area contributed by atoms with Gasteiger partial charge >= 0.3 is 0 Å². The predicted octanol–water partition coefficient (Wildman–Crippen LogP) is 6.33. The second-order valence-corrected chi connectivity index (χ2v) is 6.28. The van der Waals surface area contributed by atoms with Gasteiger partial charge in [-0.05, 0) is 64.3 Å². The minimum atomic E-state index is 0.581. The van der Waals surface area contributed by atoms with Crippen molar-refractivity contribution in [2.75, 3.05) is 5.32 Å². The van der Waals surface area contributed by atoms with Gasteiger partial charge in [-0.3, -0.25) is 0 Å². The largest absolute Gasteiger partial charge is 0.380 e. The van der Waals surface area contributed by atoms with Crippen molar-refractivity contribution < 1.29 is 0 Å². The lowest BCUT2D eigenvalue weighted by Crippen LogP contribution is -2.01. The van der Waals surface area contributed by atoms with Gasteiger partial charge in [0.15, 0.2) is 0 Å². The second kappa shape index (κ2) is 6.36. The number of benzene rings is 2. The zero-order valence-electron chi connectivity index (χ0n) is 10.1. The maximum atomic E-state index is 6.12. The van der Waals surface area contributed by atoms with Crippen LogP contribution in [-0.4, -0.2) is 0 Å². The van der Waals surface area contributed by atoms with Crippen LogP contribution >= 0.6 is 50.7 Å². The van der Waals surface area contributed by atoms with Crippen LogP contribution in [0.2, 0.25) is 15.1 Å². The average Bonchev–Trinajstić information content (AvgIpc) is 2.36. The summed E-state index contributed by atoms with van der Waals surface area (Å²) in [6, 6.07) is 9.27. The first-order valence-corrected chi connectivity index (χ1v) is 7.53. The summed E-state index contributed by atoms with van der Waals surface area (Å²) in [5.74, 6) is 0. The molecular weight excluding hydrogens is 368 g/mol. The Bertz CT molecular complexity index is 614. The summed E-state index contributed by atoms with van der Waals surface area (Å²) in [4.78, 5) is 0. The molecule has 0 aliphatic heterocycles. The standard InChI is InChI=1S/C14H11BrCl3N/c1-8-4-11(15)14(6-13(8)18)19-7-9-5-10(16)2-3-12(9)17/h2-6,19H,7H2,1H3.